The molecule has 0 atom stereocenters. The second kappa shape index (κ2) is 6.75. The Morgan fingerprint density at radius 3 is 2.23 bits per heavy atom. The molecule has 0 unspecified atom stereocenters. The molecule has 0 aromatic carbocycles. The third-order valence-corrected chi connectivity index (χ3v) is 4.14. The summed E-state index contributed by atoms with van der Waals surface area (Å²) in [5.74, 6) is 3.53. The molecule has 0 aromatic heterocycles. The van der Waals surface area contributed by atoms with Crippen molar-refractivity contribution in [3.8, 4) is 0 Å². The van der Waals surface area contributed by atoms with Crippen LogP contribution in [-0.2, 0) is 0 Å². The lowest BCUT2D eigenvalue weighted by Crippen LogP contribution is -2.16. The fourth-order valence-corrected chi connectivity index (χ4v) is 3.22. The standard InChI is InChI=1S/C12H24S/c1-3-4-5-11-6-8-12(9-7-11)10-13-2/h11-12H,3-10H2,1-2H3. The fourth-order valence-electron chi connectivity index (χ4n) is 2.42. The van der Waals surface area contributed by atoms with Crippen LogP contribution in [0.4, 0.5) is 0 Å². The Labute approximate surface area is 87.9 Å². The van der Waals surface area contributed by atoms with Crippen molar-refractivity contribution in [3.63, 3.8) is 0 Å². The van der Waals surface area contributed by atoms with Gasteiger partial charge < -0.3 is 0 Å². The Hall–Kier alpha value is 0.350. The van der Waals surface area contributed by atoms with Crippen LogP contribution in [0.25, 0.3) is 0 Å². The van der Waals surface area contributed by atoms with Crippen LogP contribution in [0.3, 0.4) is 0 Å². The Bertz CT molecular complexity index is 114. The minimum Gasteiger partial charge on any atom is -0.165 e. The van der Waals surface area contributed by atoms with Crippen molar-refractivity contribution in [2.75, 3.05) is 12.0 Å². The van der Waals surface area contributed by atoms with Crippen molar-refractivity contribution >= 4 is 11.8 Å². The molecule has 0 aliphatic heterocycles. The van der Waals surface area contributed by atoms with Crippen LogP contribution in [-0.4, -0.2) is 12.0 Å². The molecule has 0 amide bonds. The highest BCUT2D eigenvalue weighted by atomic mass is 32.2. The lowest BCUT2D eigenvalue weighted by molar-refractivity contribution is 0.276. The highest BCUT2D eigenvalue weighted by Crippen LogP contribution is 2.32. The summed E-state index contributed by atoms with van der Waals surface area (Å²) in [6.07, 6.45) is 12.6. The van der Waals surface area contributed by atoms with Gasteiger partial charge in [0, 0.05) is 0 Å². The molecule has 0 radical (unpaired) electrons. The first kappa shape index (κ1) is 11.4. The maximum absolute atomic E-state index is 2.30. The van der Waals surface area contributed by atoms with Gasteiger partial charge in [0.15, 0.2) is 0 Å². The summed E-state index contributed by atoms with van der Waals surface area (Å²) >= 11 is 2.03. The van der Waals surface area contributed by atoms with E-state index in [1.165, 1.54) is 50.7 Å². The molecule has 0 N–H and O–H groups in total. The van der Waals surface area contributed by atoms with Gasteiger partial charge in [-0.3, -0.25) is 0 Å². The highest BCUT2D eigenvalue weighted by molar-refractivity contribution is 7.98. The molecule has 0 aromatic rings. The summed E-state index contributed by atoms with van der Waals surface area (Å²) < 4.78 is 0. The van der Waals surface area contributed by atoms with Crippen LogP contribution >= 0.6 is 11.8 Å². The summed E-state index contributed by atoms with van der Waals surface area (Å²) in [5, 5.41) is 0. The Balaban J connectivity index is 2.08. The number of unbranched alkanes of at least 4 members (excludes halogenated alkanes) is 1. The maximum Gasteiger partial charge on any atom is -0.00419 e. The molecule has 0 saturated heterocycles. The zero-order valence-corrected chi connectivity index (χ0v) is 10.0. The fraction of sp³-hybridized carbons (Fsp3) is 1.00. The summed E-state index contributed by atoms with van der Waals surface area (Å²) in [4.78, 5) is 0. The molecule has 0 bridgehead atoms. The van der Waals surface area contributed by atoms with Crippen LogP contribution in [0.5, 0.6) is 0 Å². The van der Waals surface area contributed by atoms with Crippen LogP contribution in [0.15, 0.2) is 0 Å². The molecule has 1 heteroatoms. The average Bonchev–Trinajstić information content (AvgIpc) is 2.17. The molecule has 1 aliphatic carbocycles. The van der Waals surface area contributed by atoms with Gasteiger partial charge in [-0.25, -0.2) is 0 Å². The Morgan fingerprint density at radius 2 is 1.69 bits per heavy atom. The monoisotopic (exact) mass is 200 g/mol. The third kappa shape index (κ3) is 4.39. The van der Waals surface area contributed by atoms with Gasteiger partial charge >= 0.3 is 0 Å². The van der Waals surface area contributed by atoms with E-state index < -0.39 is 0 Å². The molecular weight excluding hydrogens is 176 g/mol. The van der Waals surface area contributed by atoms with E-state index in [1.54, 1.807) is 0 Å². The molecule has 13 heavy (non-hydrogen) atoms. The average molecular weight is 200 g/mol. The van der Waals surface area contributed by atoms with E-state index in [4.69, 9.17) is 0 Å². The molecule has 0 heterocycles. The molecule has 78 valence electrons. The summed E-state index contributed by atoms with van der Waals surface area (Å²) in [7, 11) is 0. The van der Waals surface area contributed by atoms with Crippen molar-refractivity contribution in [2.24, 2.45) is 11.8 Å². The molecule has 1 fully saturated rings. The largest absolute Gasteiger partial charge is 0.165 e. The topological polar surface area (TPSA) is 0 Å². The van der Waals surface area contributed by atoms with Crippen molar-refractivity contribution in [1.82, 2.24) is 0 Å². The van der Waals surface area contributed by atoms with Crippen LogP contribution in [0.1, 0.15) is 51.9 Å². The number of hydrogen-bond donors (Lipinski definition) is 0. The predicted molar refractivity (Wildman–Crippen MR) is 63.4 cm³/mol. The highest BCUT2D eigenvalue weighted by Gasteiger charge is 2.19. The second-order valence-electron chi connectivity index (χ2n) is 4.48. The van der Waals surface area contributed by atoms with E-state index in [-0.39, 0.29) is 0 Å². The predicted octanol–water partition coefficient (Wildman–Crippen LogP) is 4.35. The van der Waals surface area contributed by atoms with Gasteiger partial charge in [-0.05, 0) is 36.7 Å². The van der Waals surface area contributed by atoms with E-state index in [1.807, 2.05) is 11.8 Å². The van der Waals surface area contributed by atoms with Gasteiger partial charge in [0.25, 0.3) is 0 Å². The lowest BCUT2D eigenvalue weighted by atomic mass is 9.80. The van der Waals surface area contributed by atoms with Crippen LogP contribution in [0.2, 0.25) is 0 Å². The van der Waals surface area contributed by atoms with Crippen LogP contribution < -0.4 is 0 Å². The van der Waals surface area contributed by atoms with Crippen molar-refractivity contribution in [1.29, 1.82) is 0 Å². The first-order chi connectivity index (χ1) is 6.36. The molecule has 0 spiro atoms. The molecule has 1 aliphatic rings. The van der Waals surface area contributed by atoms with Gasteiger partial charge in [-0.15, -0.1) is 0 Å². The smallest absolute Gasteiger partial charge is 0.00419 e. The van der Waals surface area contributed by atoms with Gasteiger partial charge in [0.05, 0.1) is 0 Å². The van der Waals surface area contributed by atoms with E-state index in [2.05, 4.69) is 13.2 Å². The Morgan fingerprint density at radius 1 is 1.08 bits per heavy atom. The molecule has 1 saturated carbocycles. The van der Waals surface area contributed by atoms with E-state index in [0.717, 1.165) is 11.8 Å². The summed E-state index contributed by atoms with van der Waals surface area (Å²) in [6.45, 7) is 2.30. The number of rotatable bonds is 5. The molecular formula is C12H24S. The normalized spacial score (nSPS) is 29.1. The number of thioether (sulfide) groups is 1. The zero-order chi connectivity index (χ0) is 9.52. The van der Waals surface area contributed by atoms with Crippen molar-refractivity contribution in [3.05, 3.63) is 0 Å². The Kier molecular flexibility index (Phi) is 5.93. The summed E-state index contributed by atoms with van der Waals surface area (Å²) in [5.41, 5.74) is 0. The van der Waals surface area contributed by atoms with Gasteiger partial charge in [-0.1, -0.05) is 39.0 Å². The first-order valence-corrected chi connectivity index (χ1v) is 7.25. The van der Waals surface area contributed by atoms with Crippen molar-refractivity contribution < 1.29 is 0 Å². The minimum atomic E-state index is 1.05. The third-order valence-electron chi connectivity index (χ3n) is 3.33. The van der Waals surface area contributed by atoms with E-state index in [9.17, 15) is 0 Å². The quantitative estimate of drug-likeness (QED) is 0.636. The van der Waals surface area contributed by atoms with Gasteiger partial charge in [0.1, 0.15) is 0 Å². The summed E-state index contributed by atoms with van der Waals surface area (Å²) in [6, 6.07) is 0. The van der Waals surface area contributed by atoms with Gasteiger partial charge in [-0.2, -0.15) is 11.8 Å². The van der Waals surface area contributed by atoms with E-state index in [0.29, 0.717) is 0 Å². The zero-order valence-electron chi connectivity index (χ0n) is 9.22. The lowest BCUT2D eigenvalue weighted by Gasteiger charge is -2.27. The minimum absolute atomic E-state index is 1.05. The maximum atomic E-state index is 2.30. The second-order valence-corrected chi connectivity index (χ2v) is 5.40. The van der Waals surface area contributed by atoms with Crippen LogP contribution in [0, 0.1) is 11.8 Å². The van der Waals surface area contributed by atoms with Crippen molar-refractivity contribution in [2.45, 2.75) is 51.9 Å². The number of hydrogen-bond acceptors (Lipinski definition) is 1. The van der Waals surface area contributed by atoms with Gasteiger partial charge in [0.2, 0.25) is 0 Å². The molecule has 0 nitrogen and oxygen atoms in total. The molecule has 1 rings (SSSR count). The first-order valence-electron chi connectivity index (χ1n) is 5.85. The SMILES string of the molecule is CCCCC1CCC(CSC)CC1. The van der Waals surface area contributed by atoms with E-state index >= 15 is 0 Å².